The van der Waals surface area contributed by atoms with E-state index in [0.717, 1.165) is 16.3 Å². The fraction of sp³-hybridized carbons (Fsp3) is 0.385. The Balaban J connectivity index is 1.34. The molecular weight excluding hydrogens is 702 g/mol. The molecule has 3 aromatic carbocycles. The minimum absolute atomic E-state index is 0.109. The van der Waals surface area contributed by atoms with E-state index in [2.05, 4.69) is 34.4 Å². The summed E-state index contributed by atoms with van der Waals surface area (Å²) in [5.41, 5.74) is 0.0140. The summed E-state index contributed by atoms with van der Waals surface area (Å²) < 4.78 is 12.2. The number of carbonyl (C=O) groups excluding carboxylic acids is 4. The maximum atomic E-state index is 14.9. The van der Waals surface area contributed by atoms with Gasteiger partial charge in [-0.05, 0) is 48.2 Å². The molecule has 0 aliphatic carbocycles. The van der Waals surface area contributed by atoms with E-state index in [1.165, 1.54) is 4.90 Å². The normalized spacial score (nSPS) is 26.3. The molecule has 3 amide bonds. The number of carbonyl (C=O) groups is 4. The number of amides is 3. The van der Waals surface area contributed by atoms with Gasteiger partial charge in [0.1, 0.15) is 18.2 Å². The first kappa shape index (κ1) is 35.5. The fourth-order valence-electron chi connectivity index (χ4n) is 7.80. The number of hydrogen-bond donors (Lipinski definition) is 2. The van der Waals surface area contributed by atoms with E-state index < -0.39 is 59.5 Å². The predicted octanol–water partition coefficient (Wildman–Crippen LogP) is 4.85. The van der Waals surface area contributed by atoms with Crippen LogP contribution in [0.15, 0.2) is 98.1 Å². The number of alkyl halides is 1. The van der Waals surface area contributed by atoms with E-state index in [1.807, 2.05) is 72.8 Å². The summed E-state index contributed by atoms with van der Waals surface area (Å²) in [4.78, 5) is 58.9. The lowest BCUT2D eigenvalue weighted by molar-refractivity contribution is -0.146. The maximum Gasteiger partial charge on any atom is 0.306 e. The van der Waals surface area contributed by atoms with Gasteiger partial charge in [-0.15, -0.1) is 13.2 Å². The van der Waals surface area contributed by atoms with Crippen LogP contribution in [0.25, 0.3) is 10.8 Å². The highest BCUT2D eigenvalue weighted by Crippen LogP contribution is 2.60. The van der Waals surface area contributed by atoms with Crippen LogP contribution in [-0.2, 0) is 28.7 Å². The first-order valence-electron chi connectivity index (χ1n) is 16.9. The molecular formula is C39H42BrN3O7. The van der Waals surface area contributed by atoms with Gasteiger partial charge >= 0.3 is 5.97 Å². The average molecular weight is 745 g/mol. The number of fused-ring (bicyclic) bond motifs is 2. The van der Waals surface area contributed by atoms with Crippen molar-refractivity contribution in [2.24, 2.45) is 11.8 Å². The lowest BCUT2D eigenvalue weighted by Gasteiger charge is -2.38. The van der Waals surface area contributed by atoms with Crippen molar-refractivity contribution in [2.75, 3.05) is 24.7 Å². The van der Waals surface area contributed by atoms with Gasteiger partial charge in [-0.3, -0.25) is 19.2 Å². The number of hydrogen-bond acceptors (Lipinski definition) is 7. The number of allylic oxidation sites excluding steroid dienone is 1. The van der Waals surface area contributed by atoms with Crippen molar-refractivity contribution in [1.29, 1.82) is 0 Å². The van der Waals surface area contributed by atoms with Crippen LogP contribution >= 0.6 is 15.9 Å². The van der Waals surface area contributed by atoms with Crippen LogP contribution in [0.1, 0.15) is 37.8 Å². The molecule has 262 valence electrons. The summed E-state index contributed by atoms with van der Waals surface area (Å²) in [5.74, 6) is -3.61. The Morgan fingerprint density at radius 3 is 2.52 bits per heavy atom. The number of anilines is 1. The molecule has 1 spiro atoms. The summed E-state index contributed by atoms with van der Waals surface area (Å²) in [6.07, 6.45) is 3.50. The van der Waals surface area contributed by atoms with Crippen LogP contribution in [0.4, 0.5) is 5.69 Å². The number of likely N-dealkylation sites (tertiary alicyclic amines) is 1. The predicted molar refractivity (Wildman–Crippen MR) is 193 cm³/mol. The number of rotatable bonds is 14. The summed E-state index contributed by atoms with van der Waals surface area (Å²) in [6.45, 7) is 8.89. The molecule has 3 aromatic rings. The Labute approximate surface area is 300 Å². The topological polar surface area (TPSA) is 125 Å². The Bertz CT molecular complexity index is 1790. The molecule has 3 saturated heterocycles. The van der Waals surface area contributed by atoms with Gasteiger partial charge in [-0.25, -0.2) is 0 Å². The van der Waals surface area contributed by atoms with Crippen LogP contribution in [-0.4, -0.2) is 82.1 Å². The summed E-state index contributed by atoms with van der Waals surface area (Å²) in [7, 11) is 0. The second-order valence-electron chi connectivity index (χ2n) is 13.2. The number of esters is 1. The molecule has 2 N–H and O–H groups in total. The molecule has 10 nitrogen and oxygen atoms in total. The highest BCUT2D eigenvalue weighted by Gasteiger charge is 2.77. The highest BCUT2D eigenvalue weighted by molar-refractivity contribution is 9.09. The van der Waals surface area contributed by atoms with E-state index in [-0.39, 0.29) is 36.9 Å². The van der Waals surface area contributed by atoms with Gasteiger partial charge in [0, 0.05) is 23.5 Å². The number of aliphatic hydroxyl groups excluding tert-OH is 1. The third kappa shape index (κ3) is 6.38. The standard InChI is InChI=1S/C39H42BrN3O7/c1-4-6-16-31(45)49-23-30(26-13-8-7-9-14-26)41-36(46)32-33-37(47)43(24(3)22-44)35(39(33)21-29(40)34(32)50-39)38(48)42(19-5-2)28-18-17-25-12-10-11-15-27(25)20-28/h4-5,7-15,17-18,20,24,29-30,32-35,44H,1-2,6,16,19,21-23H2,3H3,(H,41,46)/t24-,29?,30-,32+,33-,34+,35+,39-/m1/s1. The first-order chi connectivity index (χ1) is 24.1. The van der Waals surface area contributed by atoms with Gasteiger partial charge in [-0.2, -0.15) is 0 Å². The fourth-order valence-corrected chi connectivity index (χ4v) is 8.74. The lowest BCUT2D eigenvalue weighted by Crippen LogP contribution is -2.59. The number of halogens is 1. The van der Waals surface area contributed by atoms with Crippen LogP contribution in [0.2, 0.25) is 0 Å². The van der Waals surface area contributed by atoms with Gasteiger partial charge in [0.2, 0.25) is 11.8 Å². The molecule has 6 rings (SSSR count). The number of nitrogens with zero attached hydrogens (tertiary/aromatic N) is 2. The van der Waals surface area contributed by atoms with Crippen molar-refractivity contribution < 1.29 is 33.8 Å². The monoisotopic (exact) mass is 743 g/mol. The Morgan fingerprint density at radius 2 is 1.82 bits per heavy atom. The average Bonchev–Trinajstić information content (AvgIpc) is 3.73. The minimum Gasteiger partial charge on any atom is -0.463 e. The summed E-state index contributed by atoms with van der Waals surface area (Å²) >= 11 is 3.73. The minimum atomic E-state index is -1.34. The van der Waals surface area contributed by atoms with Crippen molar-refractivity contribution >= 4 is 56.1 Å². The van der Waals surface area contributed by atoms with Crippen LogP contribution in [0.5, 0.6) is 0 Å². The molecule has 0 saturated carbocycles. The summed E-state index contributed by atoms with van der Waals surface area (Å²) in [6, 6.07) is 20.2. The second-order valence-corrected chi connectivity index (χ2v) is 14.4. The molecule has 0 aromatic heterocycles. The van der Waals surface area contributed by atoms with E-state index in [9.17, 15) is 24.3 Å². The molecule has 3 aliphatic heterocycles. The van der Waals surface area contributed by atoms with Crippen molar-refractivity contribution in [3.63, 3.8) is 0 Å². The van der Waals surface area contributed by atoms with Gasteiger partial charge in [0.05, 0.1) is 36.6 Å². The first-order valence-corrected chi connectivity index (χ1v) is 17.8. The Kier molecular flexibility index (Phi) is 10.6. The molecule has 50 heavy (non-hydrogen) atoms. The smallest absolute Gasteiger partial charge is 0.306 e. The van der Waals surface area contributed by atoms with Gasteiger partial charge in [0.15, 0.2) is 0 Å². The summed E-state index contributed by atoms with van der Waals surface area (Å²) in [5, 5.41) is 15.3. The van der Waals surface area contributed by atoms with E-state index in [0.29, 0.717) is 18.5 Å². The van der Waals surface area contributed by atoms with Crippen LogP contribution < -0.4 is 10.2 Å². The molecule has 3 fully saturated rings. The van der Waals surface area contributed by atoms with Crippen LogP contribution in [0, 0.1) is 11.8 Å². The van der Waals surface area contributed by atoms with Crippen molar-refractivity contribution in [1.82, 2.24) is 10.2 Å². The van der Waals surface area contributed by atoms with Crippen molar-refractivity contribution in [3.8, 4) is 0 Å². The van der Waals surface area contributed by atoms with Crippen LogP contribution in [0.3, 0.4) is 0 Å². The number of benzene rings is 3. The number of aliphatic hydroxyl groups is 1. The lowest BCUT2D eigenvalue weighted by atomic mass is 9.70. The maximum absolute atomic E-state index is 14.9. The Morgan fingerprint density at radius 1 is 1.10 bits per heavy atom. The van der Waals surface area contributed by atoms with E-state index in [1.54, 1.807) is 24.0 Å². The molecule has 11 heteroatoms. The highest BCUT2D eigenvalue weighted by atomic mass is 79.9. The number of ether oxygens (including phenoxy) is 2. The third-order valence-corrected chi connectivity index (χ3v) is 11.0. The van der Waals surface area contributed by atoms with E-state index >= 15 is 0 Å². The molecule has 8 atom stereocenters. The zero-order valence-corrected chi connectivity index (χ0v) is 29.5. The van der Waals surface area contributed by atoms with Gasteiger partial charge in [-0.1, -0.05) is 88.7 Å². The quantitative estimate of drug-likeness (QED) is 0.137. The number of nitrogens with one attached hydrogen (secondary N) is 1. The molecule has 1 unspecified atom stereocenters. The van der Waals surface area contributed by atoms with Gasteiger partial charge < -0.3 is 29.7 Å². The molecule has 3 heterocycles. The SMILES string of the molecule is C=CCCC(=O)OC[C@@H](NC(=O)[C@@H]1[C@H]2O[C@@]3(CC2Br)[C@H](C(=O)N(CC=C)c2ccc4ccccc4c2)N([C@H](C)CO)C(=O)[C@@H]13)c1ccccc1. The van der Waals surface area contributed by atoms with Gasteiger partial charge in [0.25, 0.3) is 5.91 Å². The zero-order chi connectivity index (χ0) is 35.6. The molecule has 2 bridgehead atoms. The molecule has 3 aliphatic rings. The Hall–Kier alpha value is -4.32. The van der Waals surface area contributed by atoms with E-state index in [4.69, 9.17) is 9.47 Å². The van der Waals surface area contributed by atoms with Crippen molar-refractivity contribution in [2.45, 2.75) is 60.8 Å². The zero-order valence-electron chi connectivity index (χ0n) is 28.0. The third-order valence-electron chi connectivity index (χ3n) is 10.1. The largest absolute Gasteiger partial charge is 0.463 e. The van der Waals surface area contributed by atoms with Crippen molar-refractivity contribution in [3.05, 3.63) is 104 Å². The molecule has 0 radical (unpaired) electrons. The second kappa shape index (κ2) is 14.9.